The van der Waals surface area contributed by atoms with E-state index < -0.39 is 0 Å². The van der Waals surface area contributed by atoms with Gasteiger partial charge in [0, 0.05) is 52.1 Å². The number of thiazole rings is 1. The van der Waals surface area contributed by atoms with Gasteiger partial charge in [0.15, 0.2) is 11.1 Å². The van der Waals surface area contributed by atoms with E-state index in [4.69, 9.17) is 4.98 Å². The zero-order valence-electron chi connectivity index (χ0n) is 16.2. The van der Waals surface area contributed by atoms with Crippen LogP contribution in [0.2, 0.25) is 0 Å². The zero-order chi connectivity index (χ0) is 17.9. The maximum Gasteiger partial charge on any atom is 0.193 e. The molecule has 26 heavy (non-hydrogen) atoms. The average Bonchev–Trinajstić information content (AvgIpc) is 3.29. The number of aromatic nitrogens is 1. The van der Waals surface area contributed by atoms with Crippen LogP contribution in [-0.2, 0) is 6.42 Å². The van der Waals surface area contributed by atoms with Gasteiger partial charge in [0.1, 0.15) is 0 Å². The fourth-order valence-corrected chi connectivity index (χ4v) is 3.99. The second-order valence-electron chi connectivity index (χ2n) is 6.60. The summed E-state index contributed by atoms with van der Waals surface area (Å²) in [4.78, 5) is 13.8. The third kappa shape index (κ3) is 7.82. The largest absolute Gasteiger partial charge is 0.356 e. The molecule has 0 saturated carbocycles. The molecule has 148 valence electrons. The summed E-state index contributed by atoms with van der Waals surface area (Å²) in [5, 5.41) is 6.84. The normalized spacial score (nSPS) is 14.2. The van der Waals surface area contributed by atoms with Crippen molar-refractivity contribution in [3.05, 3.63) is 23.7 Å². The van der Waals surface area contributed by atoms with Crippen molar-refractivity contribution in [1.29, 1.82) is 0 Å². The van der Waals surface area contributed by atoms with Crippen molar-refractivity contribution < 1.29 is 0 Å². The molecule has 0 spiro atoms. The van der Waals surface area contributed by atoms with Crippen molar-refractivity contribution in [3.63, 3.8) is 0 Å². The Balaban J connectivity index is 0.00000338. The van der Waals surface area contributed by atoms with Gasteiger partial charge in [0.05, 0.1) is 5.69 Å². The van der Waals surface area contributed by atoms with E-state index in [1.165, 1.54) is 42.9 Å². The van der Waals surface area contributed by atoms with Gasteiger partial charge in [-0.3, -0.25) is 4.99 Å². The summed E-state index contributed by atoms with van der Waals surface area (Å²) in [5.74, 6) is 0.971. The number of nitrogens with one attached hydrogen (secondary N) is 1. The summed E-state index contributed by atoms with van der Waals surface area (Å²) in [7, 11) is 3.96. The van der Waals surface area contributed by atoms with Crippen molar-refractivity contribution in [2.45, 2.75) is 44.9 Å². The topological polar surface area (TPSA) is 43.8 Å². The molecular formula is C19H34IN5S. The lowest BCUT2D eigenvalue weighted by Crippen LogP contribution is -2.40. The van der Waals surface area contributed by atoms with Gasteiger partial charge in [-0.2, -0.15) is 0 Å². The molecule has 1 aliphatic heterocycles. The lowest BCUT2D eigenvalue weighted by Gasteiger charge is -2.22. The van der Waals surface area contributed by atoms with Crippen LogP contribution in [0.1, 0.15) is 44.2 Å². The van der Waals surface area contributed by atoms with Gasteiger partial charge in [0.25, 0.3) is 0 Å². The molecule has 5 nitrogen and oxygen atoms in total. The van der Waals surface area contributed by atoms with Crippen LogP contribution in [0.5, 0.6) is 0 Å². The van der Waals surface area contributed by atoms with Gasteiger partial charge < -0.3 is 15.1 Å². The highest BCUT2D eigenvalue weighted by molar-refractivity contribution is 14.0. The molecule has 0 aliphatic carbocycles. The summed E-state index contributed by atoms with van der Waals surface area (Å²) in [6.07, 6.45) is 10.3. The molecule has 0 radical (unpaired) electrons. The van der Waals surface area contributed by atoms with Gasteiger partial charge in [-0.15, -0.1) is 41.9 Å². The van der Waals surface area contributed by atoms with E-state index in [0.717, 1.165) is 45.0 Å². The van der Waals surface area contributed by atoms with E-state index in [1.54, 1.807) is 11.3 Å². The van der Waals surface area contributed by atoms with Crippen LogP contribution in [0.25, 0.3) is 0 Å². The number of nitrogens with zero attached hydrogens (tertiary/aromatic N) is 4. The van der Waals surface area contributed by atoms with Crippen LogP contribution in [0.15, 0.2) is 23.0 Å². The lowest BCUT2D eigenvalue weighted by atomic mass is 10.2. The smallest absolute Gasteiger partial charge is 0.193 e. The van der Waals surface area contributed by atoms with Crippen LogP contribution in [0, 0.1) is 0 Å². The molecule has 1 aliphatic rings. The van der Waals surface area contributed by atoms with Crippen LogP contribution < -0.4 is 10.2 Å². The van der Waals surface area contributed by atoms with Gasteiger partial charge in [-0.05, 0) is 32.1 Å². The molecule has 0 aromatic carbocycles. The van der Waals surface area contributed by atoms with E-state index >= 15 is 0 Å². The molecule has 1 fully saturated rings. The minimum atomic E-state index is 0. The first-order valence-corrected chi connectivity index (χ1v) is 10.3. The second-order valence-corrected chi connectivity index (χ2v) is 7.44. The molecule has 2 rings (SSSR count). The number of rotatable bonds is 10. The minimum Gasteiger partial charge on any atom is -0.356 e. The Bertz CT molecular complexity index is 540. The minimum absolute atomic E-state index is 0. The number of guanidine groups is 1. The maximum atomic E-state index is 4.78. The highest BCUT2D eigenvalue weighted by Crippen LogP contribution is 2.24. The Morgan fingerprint density at radius 2 is 2.15 bits per heavy atom. The molecule has 1 aromatic heterocycles. The Kier molecular flexibility index (Phi) is 11.9. The number of halogens is 1. The van der Waals surface area contributed by atoms with E-state index in [-0.39, 0.29) is 24.0 Å². The van der Waals surface area contributed by atoms with Gasteiger partial charge in [-0.25, -0.2) is 4.98 Å². The molecule has 0 bridgehead atoms. The summed E-state index contributed by atoms with van der Waals surface area (Å²) in [6.45, 7) is 8.00. The van der Waals surface area contributed by atoms with Crippen molar-refractivity contribution in [2.75, 3.05) is 45.2 Å². The molecule has 0 amide bonds. The average molecular weight is 491 g/mol. The summed E-state index contributed by atoms with van der Waals surface area (Å²) in [6, 6.07) is 0. The first kappa shape index (κ1) is 23.2. The standard InChI is InChI=1S/C19H33N5S.HI/c1-4-5-6-7-8-13-23(3)18(20-2)21-12-11-17-16-25-19(22-17)24-14-9-10-15-24;/h4,16H,1,5-15H2,2-3H3,(H,20,21);1H. The van der Waals surface area contributed by atoms with Crippen molar-refractivity contribution in [1.82, 2.24) is 15.2 Å². The van der Waals surface area contributed by atoms with Crippen LogP contribution in [0.4, 0.5) is 5.13 Å². The van der Waals surface area contributed by atoms with Gasteiger partial charge in [0.2, 0.25) is 0 Å². The molecular weight excluding hydrogens is 457 g/mol. The predicted octanol–water partition coefficient (Wildman–Crippen LogP) is 4.16. The fourth-order valence-electron chi connectivity index (χ4n) is 3.07. The maximum absolute atomic E-state index is 4.78. The summed E-state index contributed by atoms with van der Waals surface area (Å²) in [5.41, 5.74) is 1.18. The Morgan fingerprint density at radius 3 is 2.85 bits per heavy atom. The van der Waals surface area contributed by atoms with Crippen LogP contribution in [0.3, 0.4) is 0 Å². The SMILES string of the molecule is C=CCCCCCN(C)C(=NC)NCCc1csc(N2CCCC2)n1.I. The molecule has 1 saturated heterocycles. The van der Waals surface area contributed by atoms with Gasteiger partial charge >= 0.3 is 0 Å². The third-order valence-corrected chi connectivity index (χ3v) is 5.51. The second kappa shape index (κ2) is 13.4. The first-order valence-electron chi connectivity index (χ1n) is 9.46. The molecule has 0 atom stereocenters. The Hall–Kier alpha value is -0.830. The lowest BCUT2D eigenvalue weighted by molar-refractivity contribution is 0.455. The fraction of sp³-hybridized carbons (Fsp3) is 0.684. The van der Waals surface area contributed by atoms with Gasteiger partial charge in [-0.1, -0.05) is 12.5 Å². The number of aliphatic imine (C=N–C) groups is 1. The molecule has 7 heteroatoms. The molecule has 1 N–H and O–H groups in total. The quantitative estimate of drug-likeness (QED) is 0.176. The Labute approximate surface area is 180 Å². The van der Waals surface area contributed by atoms with Crippen LogP contribution in [-0.4, -0.2) is 56.1 Å². The number of allylic oxidation sites excluding steroid dienone is 1. The monoisotopic (exact) mass is 491 g/mol. The van der Waals surface area contributed by atoms with E-state index in [2.05, 4.69) is 39.1 Å². The highest BCUT2D eigenvalue weighted by atomic mass is 127. The van der Waals surface area contributed by atoms with E-state index in [9.17, 15) is 0 Å². The van der Waals surface area contributed by atoms with Crippen molar-refractivity contribution >= 4 is 46.4 Å². The molecule has 0 unspecified atom stereocenters. The van der Waals surface area contributed by atoms with Crippen molar-refractivity contribution in [2.24, 2.45) is 4.99 Å². The number of hydrogen-bond acceptors (Lipinski definition) is 4. The zero-order valence-corrected chi connectivity index (χ0v) is 19.4. The van der Waals surface area contributed by atoms with E-state index in [1.807, 2.05) is 13.1 Å². The first-order chi connectivity index (χ1) is 12.2. The van der Waals surface area contributed by atoms with Crippen LogP contribution >= 0.6 is 35.3 Å². The van der Waals surface area contributed by atoms with Crippen molar-refractivity contribution in [3.8, 4) is 0 Å². The number of hydrogen-bond donors (Lipinski definition) is 1. The predicted molar refractivity (Wildman–Crippen MR) is 125 cm³/mol. The molecule has 2 heterocycles. The summed E-state index contributed by atoms with van der Waals surface area (Å²) < 4.78 is 0. The number of anilines is 1. The molecule has 1 aromatic rings. The Morgan fingerprint density at radius 1 is 1.38 bits per heavy atom. The summed E-state index contributed by atoms with van der Waals surface area (Å²) >= 11 is 1.77. The highest BCUT2D eigenvalue weighted by Gasteiger charge is 2.15. The van der Waals surface area contributed by atoms with E-state index in [0.29, 0.717) is 0 Å². The third-order valence-electron chi connectivity index (χ3n) is 4.56. The number of unbranched alkanes of at least 4 members (excludes halogenated alkanes) is 3.